The van der Waals surface area contributed by atoms with Crippen LogP contribution in [0.4, 0.5) is 5.69 Å². The van der Waals surface area contributed by atoms with E-state index < -0.39 is 5.54 Å². The van der Waals surface area contributed by atoms with Crippen molar-refractivity contribution in [2.75, 3.05) is 5.32 Å². The van der Waals surface area contributed by atoms with Crippen molar-refractivity contribution in [3.8, 4) is 0 Å². The standard InChI is InChI=1S/C16H18N4O2/c17-16(7-3-4-8-16)15-19-14(22-20-15)11-9-13(21)18-12-6-2-1-5-10(11)12/h1-2,5-6,11H,3-4,7-9,17H2,(H,18,21). The molecule has 2 heterocycles. The Kier molecular flexibility index (Phi) is 3.00. The van der Waals surface area contributed by atoms with Gasteiger partial charge in [-0.05, 0) is 24.5 Å². The molecular weight excluding hydrogens is 280 g/mol. The lowest BCUT2D eigenvalue weighted by atomic mass is 9.90. The first kappa shape index (κ1) is 13.5. The summed E-state index contributed by atoms with van der Waals surface area (Å²) in [7, 11) is 0. The zero-order valence-corrected chi connectivity index (χ0v) is 12.2. The first-order valence-electron chi connectivity index (χ1n) is 7.67. The third kappa shape index (κ3) is 2.11. The Hall–Kier alpha value is -2.21. The number of nitrogens with zero attached hydrogens (tertiary/aromatic N) is 2. The van der Waals surface area contributed by atoms with E-state index in [4.69, 9.17) is 10.3 Å². The lowest BCUT2D eigenvalue weighted by Crippen LogP contribution is -2.34. The zero-order valence-electron chi connectivity index (χ0n) is 12.2. The van der Waals surface area contributed by atoms with E-state index >= 15 is 0 Å². The van der Waals surface area contributed by atoms with Crippen LogP contribution in [0.2, 0.25) is 0 Å². The van der Waals surface area contributed by atoms with E-state index in [-0.39, 0.29) is 11.8 Å². The molecule has 1 aliphatic carbocycles. The smallest absolute Gasteiger partial charge is 0.234 e. The second kappa shape index (κ2) is 4.91. The molecule has 1 aromatic carbocycles. The van der Waals surface area contributed by atoms with E-state index in [1.807, 2.05) is 24.3 Å². The fourth-order valence-electron chi connectivity index (χ4n) is 3.44. The minimum Gasteiger partial charge on any atom is -0.339 e. The predicted molar refractivity (Wildman–Crippen MR) is 80.2 cm³/mol. The normalized spacial score (nSPS) is 23.1. The minimum atomic E-state index is -0.474. The van der Waals surface area contributed by atoms with Crippen molar-refractivity contribution in [1.29, 1.82) is 0 Å². The summed E-state index contributed by atoms with van der Waals surface area (Å²) in [6, 6.07) is 7.71. The first-order chi connectivity index (χ1) is 10.7. The Morgan fingerprint density at radius 2 is 2.05 bits per heavy atom. The van der Waals surface area contributed by atoms with Gasteiger partial charge in [0.2, 0.25) is 11.8 Å². The van der Waals surface area contributed by atoms with Gasteiger partial charge in [-0.3, -0.25) is 4.79 Å². The Morgan fingerprint density at radius 3 is 2.86 bits per heavy atom. The van der Waals surface area contributed by atoms with E-state index in [0.29, 0.717) is 18.1 Å². The van der Waals surface area contributed by atoms with Gasteiger partial charge in [-0.15, -0.1) is 0 Å². The third-order valence-corrected chi connectivity index (χ3v) is 4.68. The lowest BCUT2D eigenvalue weighted by Gasteiger charge is -2.22. The molecule has 114 valence electrons. The topological polar surface area (TPSA) is 94.0 Å². The van der Waals surface area contributed by atoms with Crippen LogP contribution in [0, 0.1) is 0 Å². The molecule has 0 spiro atoms. The molecule has 22 heavy (non-hydrogen) atoms. The molecule has 1 saturated carbocycles. The first-order valence-corrected chi connectivity index (χ1v) is 7.67. The van der Waals surface area contributed by atoms with E-state index in [0.717, 1.165) is 36.9 Å². The van der Waals surface area contributed by atoms with Gasteiger partial charge in [-0.1, -0.05) is 36.2 Å². The molecule has 2 aliphatic rings. The van der Waals surface area contributed by atoms with Crippen LogP contribution in [0.5, 0.6) is 0 Å². The van der Waals surface area contributed by atoms with Gasteiger partial charge in [0.1, 0.15) is 0 Å². The van der Waals surface area contributed by atoms with Crippen LogP contribution in [-0.2, 0) is 10.3 Å². The summed E-state index contributed by atoms with van der Waals surface area (Å²) in [5.74, 6) is 0.820. The largest absolute Gasteiger partial charge is 0.339 e. The van der Waals surface area contributed by atoms with Crippen LogP contribution in [0.15, 0.2) is 28.8 Å². The summed E-state index contributed by atoms with van der Waals surface area (Å²) >= 11 is 0. The monoisotopic (exact) mass is 298 g/mol. The number of nitrogens with two attached hydrogens (primary N) is 1. The molecule has 1 aliphatic heterocycles. The molecule has 0 saturated heterocycles. The van der Waals surface area contributed by atoms with E-state index in [9.17, 15) is 4.79 Å². The Balaban J connectivity index is 1.71. The van der Waals surface area contributed by atoms with Crippen molar-refractivity contribution in [2.45, 2.75) is 43.6 Å². The Morgan fingerprint density at radius 1 is 1.27 bits per heavy atom. The summed E-state index contributed by atoms with van der Waals surface area (Å²) in [6.45, 7) is 0. The minimum absolute atomic E-state index is 0.0354. The summed E-state index contributed by atoms with van der Waals surface area (Å²) < 4.78 is 5.47. The number of fused-ring (bicyclic) bond motifs is 1. The van der Waals surface area contributed by atoms with Gasteiger partial charge in [0.25, 0.3) is 0 Å². The van der Waals surface area contributed by atoms with E-state index in [2.05, 4.69) is 15.5 Å². The van der Waals surface area contributed by atoms with Gasteiger partial charge in [0.05, 0.1) is 11.5 Å². The maximum atomic E-state index is 11.9. The number of hydrogen-bond acceptors (Lipinski definition) is 5. The lowest BCUT2D eigenvalue weighted by molar-refractivity contribution is -0.116. The quantitative estimate of drug-likeness (QED) is 0.887. The number of benzene rings is 1. The van der Waals surface area contributed by atoms with Gasteiger partial charge in [0, 0.05) is 12.1 Å². The summed E-state index contributed by atoms with van der Waals surface area (Å²) in [4.78, 5) is 16.4. The van der Waals surface area contributed by atoms with Crippen LogP contribution in [-0.4, -0.2) is 16.0 Å². The summed E-state index contributed by atoms with van der Waals surface area (Å²) in [5, 5.41) is 6.98. The summed E-state index contributed by atoms with van der Waals surface area (Å²) in [6.07, 6.45) is 4.27. The summed E-state index contributed by atoms with van der Waals surface area (Å²) in [5.41, 5.74) is 7.73. The van der Waals surface area contributed by atoms with Gasteiger partial charge in [0.15, 0.2) is 5.82 Å². The number of carbonyl (C=O) groups is 1. The molecule has 4 rings (SSSR count). The maximum absolute atomic E-state index is 11.9. The molecule has 2 aromatic rings. The fourth-order valence-corrected chi connectivity index (χ4v) is 3.44. The third-order valence-electron chi connectivity index (χ3n) is 4.68. The van der Waals surface area contributed by atoms with Crippen molar-refractivity contribution in [3.05, 3.63) is 41.5 Å². The number of carbonyl (C=O) groups excluding carboxylic acids is 1. The van der Waals surface area contributed by atoms with Crippen LogP contribution in [0.1, 0.15) is 55.3 Å². The zero-order chi connectivity index (χ0) is 15.2. The fraction of sp³-hybridized carbons (Fsp3) is 0.438. The molecule has 1 fully saturated rings. The maximum Gasteiger partial charge on any atom is 0.234 e. The molecule has 6 heteroatoms. The number of para-hydroxylation sites is 1. The van der Waals surface area contributed by atoms with Crippen molar-refractivity contribution in [2.24, 2.45) is 5.73 Å². The molecule has 1 amide bonds. The molecule has 1 unspecified atom stereocenters. The van der Waals surface area contributed by atoms with Crippen molar-refractivity contribution in [3.63, 3.8) is 0 Å². The van der Waals surface area contributed by atoms with Crippen LogP contribution >= 0.6 is 0 Å². The highest BCUT2D eigenvalue weighted by molar-refractivity contribution is 5.95. The molecule has 3 N–H and O–H groups in total. The van der Waals surface area contributed by atoms with Crippen molar-refractivity contribution < 1.29 is 9.32 Å². The second-order valence-electron chi connectivity index (χ2n) is 6.21. The predicted octanol–water partition coefficient (Wildman–Crippen LogP) is 2.27. The Bertz CT molecular complexity index is 718. The molecule has 1 aromatic heterocycles. The molecule has 0 bridgehead atoms. The molecule has 6 nitrogen and oxygen atoms in total. The van der Waals surface area contributed by atoms with Crippen molar-refractivity contribution in [1.82, 2.24) is 10.1 Å². The SMILES string of the molecule is NC1(c2noc(C3CC(=O)Nc4ccccc43)n2)CCCC1. The van der Waals surface area contributed by atoms with Crippen LogP contribution in [0.3, 0.4) is 0 Å². The van der Waals surface area contributed by atoms with Crippen LogP contribution < -0.4 is 11.1 Å². The molecule has 1 atom stereocenters. The van der Waals surface area contributed by atoms with E-state index in [1.54, 1.807) is 0 Å². The van der Waals surface area contributed by atoms with Crippen LogP contribution in [0.25, 0.3) is 0 Å². The average molecular weight is 298 g/mol. The van der Waals surface area contributed by atoms with Gasteiger partial charge < -0.3 is 15.6 Å². The van der Waals surface area contributed by atoms with Gasteiger partial charge >= 0.3 is 0 Å². The number of nitrogens with one attached hydrogen (secondary N) is 1. The highest BCUT2D eigenvalue weighted by atomic mass is 16.5. The number of hydrogen-bond donors (Lipinski definition) is 2. The van der Waals surface area contributed by atoms with E-state index in [1.165, 1.54) is 0 Å². The highest BCUT2D eigenvalue weighted by Crippen LogP contribution is 2.38. The number of anilines is 1. The number of amides is 1. The van der Waals surface area contributed by atoms with Gasteiger partial charge in [-0.2, -0.15) is 4.98 Å². The average Bonchev–Trinajstić information content (AvgIpc) is 3.16. The number of rotatable bonds is 2. The second-order valence-corrected chi connectivity index (χ2v) is 6.21. The Labute approximate surface area is 128 Å². The van der Waals surface area contributed by atoms with Gasteiger partial charge in [-0.25, -0.2) is 0 Å². The molecule has 0 radical (unpaired) electrons. The highest BCUT2D eigenvalue weighted by Gasteiger charge is 2.38. The molecular formula is C16H18N4O2. The van der Waals surface area contributed by atoms with Crippen molar-refractivity contribution >= 4 is 11.6 Å². The number of aromatic nitrogens is 2.